The number of furan rings is 3. The molecular formula is C67H38N2O3U. The first-order valence-corrected chi connectivity index (χ1v) is 24.4. The Balaban J connectivity index is 0.00000473. The molecule has 0 N–H and O–H groups in total. The van der Waals surface area contributed by atoms with Crippen molar-refractivity contribution in [2.45, 2.75) is 6.92 Å². The van der Waals surface area contributed by atoms with E-state index in [1.54, 1.807) is 0 Å². The third-order valence-electron chi connectivity index (χ3n) is 14.9. The number of benzene rings is 11. The number of aryl methyl sites for hydroxylation is 1. The van der Waals surface area contributed by atoms with Gasteiger partial charge in [-0.1, -0.05) is 96.4 Å². The predicted molar refractivity (Wildman–Crippen MR) is 296 cm³/mol. The average Bonchev–Trinajstić information content (AvgIpc) is 4.24. The molecule has 0 unspecified atom stereocenters. The van der Waals surface area contributed by atoms with Gasteiger partial charge in [0.05, 0.1) is 22.1 Å². The van der Waals surface area contributed by atoms with Crippen molar-refractivity contribution in [3.8, 4) is 44.8 Å². The minimum atomic E-state index is 0. The molecule has 0 amide bonds. The van der Waals surface area contributed by atoms with E-state index < -0.39 is 0 Å². The Morgan fingerprint density at radius 3 is 1.27 bits per heavy atom. The summed E-state index contributed by atoms with van der Waals surface area (Å²) in [5.74, 6) is 0. The van der Waals surface area contributed by atoms with Crippen LogP contribution >= 0.6 is 0 Å². The molecule has 0 atom stereocenters. The summed E-state index contributed by atoms with van der Waals surface area (Å²) in [6, 6.07) is 82.6. The van der Waals surface area contributed by atoms with E-state index in [1.807, 2.05) is 6.07 Å². The minimum absolute atomic E-state index is 0. The number of fused-ring (bicyclic) bond motifs is 15. The smallest absolute Gasteiger partial charge is 0.477 e. The molecule has 16 aromatic rings. The Hall–Kier alpha value is -8.53. The third kappa shape index (κ3) is 6.41. The second kappa shape index (κ2) is 16.0. The fourth-order valence-corrected chi connectivity index (χ4v) is 11.7. The molecule has 73 heavy (non-hydrogen) atoms. The molecule has 338 valence electrons. The summed E-state index contributed by atoms with van der Waals surface area (Å²) >= 11 is 0. The van der Waals surface area contributed by atoms with Crippen LogP contribution in [0.1, 0.15) is 5.56 Å². The Labute approximate surface area is 441 Å². The molecule has 11 aromatic carbocycles. The van der Waals surface area contributed by atoms with Crippen molar-refractivity contribution < 1.29 is 44.4 Å². The van der Waals surface area contributed by atoms with E-state index >= 15 is 0 Å². The molecule has 16 rings (SSSR count). The molecule has 0 spiro atoms. The van der Waals surface area contributed by atoms with Crippen LogP contribution in [-0.2, 0) is 0 Å². The monoisotopic (exact) mass is 1160 g/mol. The van der Waals surface area contributed by atoms with Crippen molar-refractivity contribution in [2.75, 3.05) is 0 Å². The van der Waals surface area contributed by atoms with E-state index in [0.717, 1.165) is 111 Å². The Morgan fingerprint density at radius 2 is 0.740 bits per heavy atom. The second-order valence-corrected chi connectivity index (χ2v) is 19.2. The van der Waals surface area contributed by atoms with Crippen molar-refractivity contribution in [2.24, 2.45) is 0 Å². The van der Waals surface area contributed by atoms with Crippen LogP contribution in [0.5, 0.6) is 0 Å². The normalized spacial score (nSPS) is 12.1. The zero-order valence-electron chi connectivity index (χ0n) is 39.3. The Kier molecular flexibility index (Phi) is 9.24. The first-order chi connectivity index (χ1) is 35.5. The Morgan fingerprint density at radius 1 is 0.315 bits per heavy atom. The first-order valence-electron chi connectivity index (χ1n) is 24.4. The SMILES string of the molecule is Cc1cc(-c2cc[c-]c(-c3[c-]cc4c(c3)oc3ccc(-n5c6ccccc6c6ccccc65)cc34)c2)cc(-c2ccc3oc4cc5c(cc4c3c2)oc2ccc(-n3c4ccccc4c4ccccc43)cc25)c1.[U+2]. The second-order valence-electron chi connectivity index (χ2n) is 19.2. The van der Waals surface area contributed by atoms with Gasteiger partial charge >= 0.3 is 31.1 Å². The van der Waals surface area contributed by atoms with Crippen LogP contribution < -0.4 is 0 Å². The fourth-order valence-electron chi connectivity index (χ4n) is 11.7. The van der Waals surface area contributed by atoms with Crippen molar-refractivity contribution >= 4 is 109 Å². The largest absolute Gasteiger partial charge is 2.00 e. The zero-order valence-corrected chi connectivity index (χ0v) is 43.5. The van der Waals surface area contributed by atoms with Gasteiger partial charge in [-0.05, 0) is 126 Å². The van der Waals surface area contributed by atoms with Crippen molar-refractivity contribution in [1.82, 2.24) is 9.13 Å². The van der Waals surface area contributed by atoms with Gasteiger partial charge in [0, 0.05) is 60.0 Å². The summed E-state index contributed by atoms with van der Waals surface area (Å²) in [6.45, 7) is 2.16. The van der Waals surface area contributed by atoms with Gasteiger partial charge in [-0.2, -0.15) is 24.3 Å². The van der Waals surface area contributed by atoms with Gasteiger partial charge in [0.25, 0.3) is 0 Å². The van der Waals surface area contributed by atoms with E-state index in [-0.39, 0.29) is 31.1 Å². The van der Waals surface area contributed by atoms with E-state index in [0.29, 0.717) is 0 Å². The van der Waals surface area contributed by atoms with Crippen molar-refractivity contribution in [1.29, 1.82) is 0 Å². The molecular weight excluding hydrogens is 1120 g/mol. The predicted octanol–water partition coefficient (Wildman–Crippen LogP) is 18.5. The third-order valence-corrected chi connectivity index (χ3v) is 14.9. The van der Waals surface area contributed by atoms with Crippen LogP contribution in [-0.4, -0.2) is 9.13 Å². The maximum atomic E-state index is 6.59. The van der Waals surface area contributed by atoms with Crippen LogP contribution in [0.15, 0.2) is 226 Å². The number of aromatic nitrogens is 2. The van der Waals surface area contributed by atoms with Crippen molar-refractivity contribution in [3.05, 3.63) is 230 Å². The first kappa shape index (κ1) is 42.2. The van der Waals surface area contributed by atoms with E-state index in [4.69, 9.17) is 13.3 Å². The van der Waals surface area contributed by atoms with E-state index in [2.05, 4.69) is 234 Å². The number of rotatable bonds is 5. The van der Waals surface area contributed by atoms with Crippen molar-refractivity contribution in [3.63, 3.8) is 0 Å². The number of hydrogen-bond acceptors (Lipinski definition) is 3. The summed E-state index contributed by atoms with van der Waals surface area (Å²) in [4.78, 5) is 0. The summed E-state index contributed by atoms with van der Waals surface area (Å²) in [6.07, 6.45) is 0. The average molecular weight is 1160 g/mol. The summed E-state index contributed by atoms with van der Waals surface area (Å²) in [7, 11) is 0. The van der Waals surface area contributed by atoms with Gasteiger partial charge in [0.2, 0.25) is 0 Å². The number of para-hydroxylation sites is 4. The summed E-state index contributed by atoms with van der Waals surface area (Å²) in [5, 5.41) is 11.2. The summed E-state index contributed by atoms with van der Waals surface area (Å²) < 4.78 is 24.4. The van der Waals surface area contributed by atoms with Gasteiger partial charge in [-0.25, -0.2) is 11.1 Å². The summed E-state index contributed by atoms with van der Waals surface area (Å²) in [5.41, 5.74) is 19.5. The van der Waals surface area contributed by atoms with Crippen LogP contribution in [0.25, 0.3) is 154 Å². The molecule has 0 aliphatic carbocycles. The Bertz CT molecular complexity index is 4860. The zero-order chi connectivity index (χ0) is 47.2. The fraction of sp³-hybridized carbons (Fsp3) is 0.0149. The molecule has 0 radical (unpaired) electrons. The topological polar surface area (TPSA) is 49.3 Å². The van der Waals surface area contributed by atoms with Crippen LogP contribution in [0, 0.1) is 50.2 Å². The van der Waals surface area contributed by atoms with Gasteiger partial charge < -0.3 is 22.4 Å². The van der Waals surface area contributed by atoms with Gasteiger partial charge in [-0.15, -0.1) is 23.8 Å². The molecule has 6 heteroatoms. The molecule has 0 saturated heterocycles. The van der Waals surface area contributed by atoms with Crippen LogP contribution in [0.3, 0.4) is 0 Å². The molecule has 0 bridgehead atoms. The number of nitrogens with zero attached hydrogens (tertiary/aromatic N) is 2. The van der Waals surface area contributed by atoms with Crippen LogP contribution in [0.2, 0.25) is 0 Å². The maximum Gasteiger partial charge on any atom is 2.00 e. The minimum Gasteiger partial charge on any atom is -0.477 e. The van der Waals surface area contributed by atoms with E-state index in [1.165, 1.54) is 49.2 Å². The van der Waals surface area contributed by atoms with Gasteiger partial charge in [0.1, 0.15) is 27.9 Å². The van der Waals surface area contributed by atoms with Crippen LogP contribution in [0.4, 0.5) is 0 Å². The molecule has 0 saturated carbocycles. The van der Waals surface area contributed by atoms with Gasteiger partial charge in [0.15, 0.2) is 0 Å². The number of hydrogen-bond donors (Lipinski definition) is 0. The molecule has 5 heterocycles. The quantitative estimate of drug-likeness (QED) is 0.161. The molecule has 5 nitrogen and oxygen atoms in total. The van der Waals surface area contributed by atoms with Gasteiger partial charge in [-0.3, -0.25) is 0 Å². The molecule has 5 aromatic heterocycles. The standard InChI is InChI=1S/C67H38N2O3.U/c1-39-29-44(41-12-10-11-40(31-41)43-21-25-52-54-35-46(23-27-63(54)70-65(52)34-43)68-58-17-6-2-13-48(58)49-14-3-7-18-59(49)68)32-45(30-39)42-22-26-62-53(33-42)56-37-67-57(38-66(56)71-62)55-36-47(24-28-64(55)72-67)69-60-19-8-4-15-50(60)51-16-5-9-20-61(51)69;/h2-10,12-20,22-38H,1H3;/q-2;+2. The van der Waals surface area contributed by atoms with E-state index in [9.17, 15) is 0 Å². The maximum absolute atomic E-state index is 6.59. The molecule has 0 aliphatic rings. The molecule has 0 aliphatic heterocycles. The molecule has 0 fully saturated rings.